The molecular formula is C25H29F2NO5. The molecule has 6 nitrogen and oxygen atoms in total. The molecular weight excluding hydrogens is 432 g/mol. The van der Waals surface area contributed by atoms with E-state index in [1.54, 1.807) is 19.9 Å². The van der Waals surface area contributed by atoms with Crippen LogP contribution in [0.25, 0.3) is 0 Å². The van der Waals surface area contributed by atoms with E-state index < -0.39 is 17.7 Å². The van der Waals surface area contributed by atoms with E-state index in [4.69, 9.17) is 4.74 Å². The van der Waals surface area contributed by atoms with Gasteiger partial charge in [0.15, 0.2) is 11.5 Å². The van der Waals surface area contributed by atoms with Crippen LogP contribution in [0.4, 0.5) is 8.78 Å². The fourth-order valence-corrected chi connectivity index (χ4v) is 4.23. The van der Waals surface area contributed by atoms with Gasteiger partial charge in [-0.3, -0.25) is 9.69 Å². The van der Waals surface area contributed by atoms with Crippen LogP contribution in [-0.2, 0) is 24.3 Å². The molecule has 33 heavy (non-hydrogen) atoms. The molecule has 0 unspecified atom stereocenters. The molecule has 178 valence electrons. The summed E-state index contributed by atoms with van der Waals surface area (Å²) in [5.41, 5.74) is 3.06. The van der Waals surface area contributed by atoms with Crippen molar-refractivity contribution < 1.29 is 32.9 Å². The lowest BCUT2D eigenvalue weighted by Gasteiger charge is -2.25. The molecule has 8 heteroatoms. The van der Waals surface area contributed by atoms with Crippen molar-refractivity contribution in [3.63, 3.8) is 0 Å². The van der Waals surface area contributed by atoms with Gasteiger partial charge >= 0.3 is 12.3 Å². The minimum absolute atomic E-state index is 0.00586. The van der Waals surface area contributed by atoms with Gasteiger partial charge in [-0.05, 0) is 56.4 Å². The van der Waals surface area contributed by atoms with E-state index in [1.807, 2.05) is 26.0 Å². The van der Waals surface area contributed by atoms with Gasteiger partial charge in [-0.1, -0.05) is 25.1 Å². The lowest BCUT2D eigenvalue weighted by Crippen LogP contribution is -2.32. The van der Waals surface area contributed by atoms with Crippen LogP contribution in [0.2, 0.25) is 0 Å². The van der Waals surface area contributed by atoms with Crippen molar-refractivity contribution in [2.24, 2.45) is 5.41 Å². The Morgan fingerprint density at radius 2 is 1.88 bits per heavy atom. The van der Waals surface area contributed by atoms with Crippen LogP contribution >= 0.6 is 0 Å². The zero-order valence-corrected chi connectivity index (χ0v) is 19.3. The molecule has 1 atom stereocenters. The number of hydrogen-bond acceptors (Lipinski definition) is 5. The van der Waals surface area contributed by atoms with Crippen LogP contribution in [0.1, 0.15) is 49.4 Å². The molecule has 2 aliphatic heterocycles. The maximum absolute atomic E-state index is 13.5. The Hall–Kier alpha value is -2.87. The van der Waals surface area contributed by atoms with Gasteiger partial charge in [0.2, 0.25) is 0 Å². The molecule has 2 heterocycles. The predicted molar refractivity (Wildman–Crippen MR) is 118 cm³/mol. The molecule has 2 aromatic carbocycles. The third-order valence-corrected chi connectivity index (χ3v) is 6.22. The zero-order valence-electron chi connectivity index (χ0n) is 19.3. The number of rotatable bonds is 6. The third-order valence-electron chi connectivity index (χ3n) is 6.22. The van der Waals surface area contributed by atoms with Gasteiger partial charge in [-0.2, -0.15) is 0 Å². The van der Waals surface area contributed by atoms with E-state index in [0.29, 0.717) is 31.8 Å². The number of ether oxygens (including phenoxy) is 3. The maximum atomic E-state index is 13.5. The molecule has 1 N–H and O–H groups in total. The number of carbonyl (C=O) groups is 1. The van der Waals surface area contributed by atoms with Crippen LogP contribution in [-0.4, -0.2) is 34.9 Å². The van der Waals surface area contributed by atoms with Crippen molar-refractivity contribution in [3.8, 4) is 17.2 Å². The van der Waals surface area contributed by atoms with Gasteiger partial charge in [-0.25, -0.2) is 0 Å². The molecule has 0 spiro atoms. The SMILES string of the molecule is CC[C@@H]1CN(Cc2cc(CC(C)(C)C(=O)O)ccc2C)Cc2cc3c(cc2O1)OC(F)(F)O3. The monoisotopic (exact) mass is 461 g/mol. The first kappa shape index (κ1) is 23.3. The second-order valence-electron chi connectivity index (χ2n) is 9.52. The summed E-state index contributed by atoms with van der Waals surface area (Å²) < 4.78 is 42.4. The fourth-order valence-electron chi connectivity index (χ4n) is 4.23. The van der Waals surface area contributed by atoms with Gasteiger partial charge in [0.05, 0.1) is 5.41 Å². The molecule has 0 amide bonds. The predicted octanol–water partition coefficient (Wildman–Crippen LogP) is 5.14. The minimum atomic E-state index is -3.67. The summed E-state index contributed by atoms with van der Waals surface area (Å²) in [6, 6.07) is 9.10. The van der Waals surface area contributed by atoms with E-state index in [2.05, 4.69) is 20.4 Å². The fraction of sp³-hybridized carbons (Fsp3) is 0.480. The van der Waals surface area contributed by atoms with Crippen LogP contribution in [0.15, 0.2) is 30.3 Å². The lowest BCUT2D eigenvalue weighted by molar-refractivity contribution is -0.286. The maximum Gasteiger partial charge on any atom is 0.586 e. The van der Waals surface area contributed by atoms with Gasteiger partial charge in [0.1, 0.15) is 11.9 Å². The van der Waals surface area contributed by atoms with Crippen molar-refractivity contribution in [3.05, 3.63) is 52.6 Å². The highest BCUT2D eigenvalue weighted by Crippen LogP contribution is 2.45. The Balaban J connectivity index is 1.59. The first-order valence-electron chi connectivity index (χ1n) is 11.1. The summed E-state index contributed by atoms with van der Waals surface area (Å²) in [6.45, 7) is 9.28. The van der Waals surface area contributed by atoms with Crippen molar-refractivity contribution in [2.75, 3.05) is 6.54 Å². The second-order valence-corrected chi connectivity index (χ2v) is 9.52. The normalized spacial score (nSPS) is 19.5. The van der Waals surface area contributed by atoms with E-state index in [-0.39, 0.29) is 17.6 Å². The Kier molecular flexibility index (Phi) is 5.99. The molecule has 0 radical (unpaired) electrons. The first-order chi connectivity index (χ1) is 15.5. The van der Waals surface area contributed by atoms with Crippen LogP contribution in [0, 0.1) is 12.3 Å². The van der Waals surface area contributed by atoms with Crippen LogP contribution in [0.3, 0.4) is 0 Å². The number of halogens is 2. The highest BCUT2D eigenvalue weighted by molar-refractivity contribution is 5.74. The molecule has 0 fully saturated rings. The largest absolute Gasteiger partial charge is 0.586 e. The average molecular weight is 462 g/mol. The Labute approximate surface area is 192 Å². The van der Waals surface area contributed by atoms with Gasteiger partial charge < -0.3 is 19.3 Å². The number of aryl methyl sites for hydroxylation is 1. The van der Waals surface area contributed by atoms with Crippen molar-refractivity contribution in [1.82, 2.24) is 4.90 Å². The molecule has 0 aliphatic carbocycles. The summed E-state index contributed by atoms with van der Waals surface area (Å²) in [7, 11) is 0. The summed E-state index contributed by atoms with van der Waals surface area (Å²) in [5.74, 6) is -0.322. The second kappa shape index (κ2) is 8.48. The van der Waals surface area contributed by atoms with Crippen molar-refractivity contribution >= 4 is 5.97 Å². The number of aliphatic carboxylic acids is 1. The number of alkyl halides is 2. The highest BCUT2D eigenvalue weighted by Gasteiger charge is 2.44. The number of fused-ring (bicyclic) bond motifs is 2. The molecule has 0 saturated heterocycles. The standard InChI is InChI=1S/C25H29F2NO5/c1-5-19-14-28(12-17-8-16(7-6-15(17)2)11-24(3,4)23(29)30)13-18-9-21-22(10-20(18)31-19)33-25(26,27)32-21/h6-10,19H,5,11-14H2,1-4H3,(H,29,30)/t19-/m1/s1. The summed E-state index contributed by atoms with van der Waals surface area (Å²) in [5, 5.41) is 9.48. The molecule has 2 aliphatic rings. The first-order valence-corrected chi connectivity index (χ1v) is 11.1. The average Bonchev–Trinajstić information content (AvgIpc) is 2.91. The lowest BCUT2D eigenvalue weighted by atomic mass is 9.85. The number of nitrogens with zero attached hydrogens (tertiary/aromatic N) is 1. The van der Waals surface area contributed by atoms with E-state index in [9.17, 15) is 18.7 Å². The smallest absolute Gasteiger partial charge is 0.489 e. The van der Waals surface area contributed by atoms with Crippen LogP contribution in [0.5, 0.6) is 17.2 Å². The highest BCUT2D eigenvalue weighted by atomic mass is 19.3. The van der Waals surface area contributed by atoms with Crippen LogP contribution < -0.4 is 14.2 Å². The summed E-state index contributed by atoms with van der Waals surface area (Å²) in [6.07, 6.45) is -2.60. The number of hydrogen-bond donors (Lipinski definition) is 1. The third kappa shape index (κ3) is 5.05. The van der Waals surface area contributed by atoms with E-state index in [1.165, 1.54) is 6.07 Å². The number of carboxylic acid groups (broad SMARTS) is 1. The summed E-state index contributed by atoms with van der Waals surface area (Å²) >= 11 is 0. The van der Waals surface area contributed by atoms with Crippen molar-refractivity contribution in [1.29, 1.82) is 0 Å². The Bertz CT molecular complexity index is 1070. The summed E-state index contributed by atoms with van der Waals surface area (Å²) in [4.78, 5) is 13.8. The number of carboxylic acids is 1. The van der Waals surface area contributed by atoms with Crippen molar-refractivity contribution in [2.45, 2.75) is 66.0 Å². The molecule has 4 rings (SSSR count). The molecule has 0 bridgehead atoms. The molecule has 0 aromatic heterocycles. The molecule has 0 saturated carbocycles. The molecule has 2 aromatic rings. The van der Waals surface area contributed by atoms with E-state index >= 15 is 0 Å². The quantitative estimate of drug-likeness (QED) is 0.642. The Morgan fingerprint density at radius 3 is 2.55 bits per heavy atom. The zero-order chi connectivity index (χ0) is 24.0. The van der Waals surface area contributed by atoms with Gasteiger partial charge in [0.25, 0.3) is 0 Å². The minimum Gasteiger partial charge on any atom is -0.489 e. The van der Waals surface area contributed by atoms with Gasteiger partial charge in [0, 0.05) is 31.3 Å². The van der Waals surface area contributed by atoms with E-state index in [0.717, 1.165) is 28.7 Å². The Morgan fingerprint density at radius 1 is 1.18 bits per heavy atom. The topological polar surface area (TPSA) is 68.2 Å². The number of benzene rings is 2. The van der Waals surface area contributed by atoms with Gasteiger partial charge in [-0.15, -0.1) is 8.78 Å².